The van der Waals surface area contributed by atoms with Crippen LogP contribution < -0.4 is 0 Å². The second-order valence-electron chi connectivity index (χ2n) is 5.31. The van der Waals surface area contributed by atoms with Gasteiger partial charge in [0, 0.05) is 26.6 Å². The molecule has 1 unspecified atom stereocenters. The molecule has 1 fully saturated rings. The summed E-state index contributed by atoms with van der Waals surface area (Å²) in [6.07, 6.45) is 0.188. The van der Waals surface area contributed by atoms with E-state index in [1.54, 1.807) is 28.0 Å². The minimum atomic E-state index is -0.368. The van der Waals surface area contributed by atoms with Crippen molar-refractivity contribution in [3.8, 4) is 0 Å². The fourth-order valence-corrected chi connectivity index (χ4v) is 2.87. The Bertz CT molecular complexity index is 580. The minimum absolute atomic E-state index is 0.0463. The summed E-state index contributed by atoms with van der Waals surface area (Å²) in [6, 6.07) is 4.71. The molecule has 5 nitrogen and oxygen atoms in total. The van der Waals surface area contributed by atoms with Crippen LogP contribution in [0.25, 0.3) is 0 Å². The van der Waals surface area contributed by atoms with E-state index in [2.05, 4.69) is 0 Å². The van der Waals surface area contributed by atoms with Crippen molar-refractivity contribution in [3.05, 3.63) is 33.8 Å². The van der Waals surface area contributed by atoms with Gasteiger partial charge in [-0.3, -0.25) is 9.59 Å². The van der Waals surface area contributed by atoms with Crippen LogP contribution in [0.5, 0.6) is 0 Å². The molecule has 1 atom stereocenters. The summed E-state index contributed by atoms with van der Waals surface area (Å²) in [4.78, 5) is 27.1. The van der Waals surface area contributed by atoms with Crippen LogP contribution in [0.4, 0.5) is 0 Å². The van der Waals surface area contributed by atoms with Crippen LogP contribution in [0.1, 0.15) is 12.5 Å². The number of piperazine rings is 1. The van der Waals surface area contributed by atoms with Crippen LogP contribution in [-0.4, -0.2) is 59.0 Å². The van der Waals surface area contributed by atoms with Crippen LogP contribution in [0, 0.1) is 0 Å². The van der Waals surface area contributed by atoms with Gasteiger partial charge >= 0.3 is 0 Å². The Morgan fingerprint density at radius 1 is 1.27 bits per heavy atom. The Kier molecular flexibility index (Phi) is 5.67. The number of halogens is 2. The standard InChI is InChI=1S/C15H18Cl2N2O3/c1-10(21)18-4-5-19(12(8-18)9-20)15(22)7-11-2-3-13(16)14(17)6-11/h2-3,6,12,20H,4-5,7-9H2,1H3. The molecule has 0 bridgehead atoms. The Morgan fingerprint density at radius 2 is 2.00 bits per heavy atom. The van der Waals surface area contributed by atoms with E-state index in [1.165, 1.54) is 6.92 Å². The number of benzene rings is 1. The average Bonchev–Trinajstić information content (AvgIpc) is 2.50. The number of amides is 2. The normalized spacial score (nSPS) is 18.5. The van der Waals surface area contributed by atoms with Gasteiger partial charge in [-0.1, -0.05) is 29.3 Å². The Hall–Kier alpha value is -1.30. The van der Waals surface area contributed by atoms with Gasteiger partial charge in [0.1, 0.15) is 0 Å². The molecule has 0 aromatic heterocycles. The first-order valence-corrected chi connectivity index (χ1v) is 7.77. The molecule has 0 spiro atoms. The van der Waals surface area contributed by atoms with Gasteiger partial charge in [-0.15, -0.1) is 0 Å². The van der Waals surface area contributed by atoms with E-state index in [0.29, 0.717) is 29.7 Å². The lowest BCUT2D eigenvalue weighted by molar-refractivity contribution is -0.142. The summed E-state index contributed by atoms with van der Waals surface area (Å²) >= 11 is 11.8. The largest absolute Gasteiger partial charge is 0.394 e. The van der Waals surface area contributed by atoms with Crippen molar-refractivity contribution < 1.29 is 14.7 Å². The van der Waals surface area contributed by atoms with Gasteiger partial charge in [-0.05, 0) is 17.7 Å². The van der Waals surface area contributed by atoms with Gasteiger partial charge in [0.25, 0.3) is 0 Å². The zero-order valence-electron chi connectivity index (χ0n) is 12.3. The van der Waals surface area contributed by atoms with Crippen molar-refractivity contribution in [2.24, 2.45) is 0 Å². The lowest BCUT2D eigenvalue weighted by Gasteiger charge is -2.40. The van der Waals surface area contributed by atoms with Gasteiger partial charge < -0.3 is 14.9 Å². The van der Waals surface area contributed by atoms with Gasteiger partial charge in [0.05, 0.1) is 29.1 Å². The smallest absolute Gasteiger partial charge is 0.227 e. The van der Waals surface area contributed by atoms with E-state index >= 15 is 0 Å². The van der Waals surface area contributed by atoms with Crippen molar-refractivity contribution in [2.75, 3.05) is 26.2 Å². The minimum Gasteiger partial charge on any atom is -0.394 e. The number of nitrogens with zero attached hydrogens (tertiary/aromatic N) is 2. The van der Waals surface area contributed by atoms with Gasteiger partial charge in [-0.2, -0.15) is 0 Å². The number of carbonyl (C=O) groups excluding carboxylic acids is 2. The zero-order valence-corrected chi connectivity index (χ0v) is 13.8. The van der Waals surface area contributed by atoms with Crippen molar-refractivity contribution in [2.45, 2.75) is 19.4 Å². The topological polar surface area (TPSA) is 60.9 Å². The maximum Gasteiger partial charge on any atom is 0.227 e. The SMILES string of the molecule is CC(=O)N1CCN(C(=O)Cc2ccc(Cl)c(Cl)c2)C(CO)C1. The highest BCUT2D eigenvalue weighted by Crippen LogP contribution is 2.23. The summed E-state index contributed by atoms with van der Waals surface area (Å²) in [5.74, 6) is -0.143. The van der Waals surface area contributed by atoms with E-state index in [9.17, 15) is 14.7 Å². The summed E-state index contributed by atoms with van der Waals surface area (Å²) in [7, 11) is 0. The fraction of sp³-hybridized carbons (Fsp3) is 0.467. The van der Waals surface area contributed by atoms with Crippen LogP contribution in [-0.2, 0) is 16.0 Å². The highest BCUT2D eigenvalue weighted by molar-refractivity contribution is 6.42. The number of rotatable bonds is 3. The lowest BCUT2D eigenvalue weighted by atomic mass is 10.1. The molecule has 0 saturated carbocycles. The third kappa shape index (κ3) is 3.91. The predicted octanol–water partition coefficient (Wildman–Crippen LogP) is 1.59. The van der Waals surface area contributed by atoms with Crippen LogP contribution >= 0.6 is 23.2 Å². The summed E-state index contributed by atoms with van der Waals surface area (Å²) in [6.45, 7) is 2.58. The third-order valence-electron chi connectivity index (χ3n) is 3.80. The Morgan fingerprint density at radius 3 is 2.59 bits per heavy atom. The van der Waals surface area contributed by atoms with Crippen molar-refractivity contribution >= 4 is 35.0 Å². The molecular formula is C15H18Cl2N2O3. The molecule has 1 heterocycles. The molecule has 22 heavy (non-hydrogen) atoms. The molecule has 1 N–H and O–H groups in total. The Labute approximate surface area is 139 Å². The fourth-order valence-electron chi connectivity index (χ4n) is 2.55. The predicted molar refractivity (Wildman–Crippen MR) is 85.0 cm³/mol. The molecule has 2 rings (SSSR count). The first-order valence-electron chi connectivity index (χ1n) is 7.02. The zero-order chi connectivity index (χ0) is 16.3. The molecule has 1 aromatic rings. The quantitative estimate of drug-likeness (QED) is 0.905. The summed E-state index contributed by atoms with van der Waals surface area (Å²) in [5, 5.41) is 10.3. The first kappa shape index (κ1) is 17.1. The maximum absolute atomic E-state index is 12.4. The van der Waals surface area contributed by atoms with Crippen LogP contribution in [0.15, 0.2) is 18.2 Å². The van der Waals surface area contributed by atoms with Gasteiger partial charge in [-0.25, -0.2) is 0 Å². The lowest BCUT2D eigenvalue weighted by Crippen LogP contribution is -2.57. The number of carbonyl (C=O) groups is 2. The number of aliphatic hydroxyl groups is 1. The number of aliphatic hydroxyl groups excluding tert-OH is 1. The number of hydrogen-bond donors (Lipinski definition) is 1. The van der Waals surface area contributed by atoms with E-state index in [0.717, 1.165) is 5.56 Å². The maximum atomic E-state index is 12.4. The van der Waals surface area contributed by atoms with E-state index in [4.69, 9.17) is 23.2 Å². The van der Waals surface area contributed by atoms with Crippen LogP contribution in [0.2, 0.25) is 10.0 Å². The molecule has 1 aliphatic heterocycles. The average molecular weight is 345 g/mol. The molecule has 120 valence electrons. The third-order valence-corrected chi connectivity index (χ3v) is 4.54. The molecular weight excluding hydrogens is 327 g/mol. The first-order chi connectivity index (χ1) is 10.4. The molecule has 1 aliphatic rings. The van der Waals surface area contributed by atoms with Crippen molar-refractivity contribution in [1.29, 1.82) is 0 Å². The van der Waals surface area contributed by atoms with E-state index in [-0.39, 0.29) is 30.9 Å². The molecule has 1 saturated heterocycles. The highest BCUT2D eigenvalue weighted by Gasteiger charge is 2.30. The molecule has 7 heteroatoms. The highest BCUT2D eigenvalue weighted by atomic mass is 35.5. The summed E-state index contributed by atoms with van der Waals surface area (Å²) < 4.78 is 0. The van der Waals surface area contributed by atoms with Crippen molar-refractivity contribution in [3.63, 3.8) is 0 Å². The number of hydrogen-bond acceptors (Lipinski definition) is 3. The summed E-state index contributed by atoms with van der Waals surface area (Å²) in [5.41, 5.74) is 0.769. The van der Waals surface area contributed by atoms with E-state index in [1.807, 2.05) is 0 Å². The monoisotopic (exact) mass is 344 g/mol. The molecule has 0 radical (unpaired) electrons. The van der Waals surface area contributed by atoms with E-state index < -0.39 is 0 Å². The van der Waals surface area contributed by atoms with Crippen molar-refractivity contribution in [1.82, 2.24) is 9.80 Å². The Balaban J connectivity index is 2.05. The van der Waals surface area contributed by atoms with Crippen LogP contribution in [0.3, 0.4) is 0 Å². The van der Waals surface area contributed by atoms with Gasteiger partial charge in [0.2, 0.25) is 11.8 Å². The van der Waals surface area contributed by atoms with Gasteiger partial charge in [0.15, 0.2) is 0 Å². The molecule has 2 amide bonds. The molecule has 0 aliphatic carbocycles. The second-order valence-corrected chi connectivity index (χ2v) is 6.13. The molecule has 1 aromatic carbocycles. The second kappa shape index (κ2) is 7.31.